The topological polar surface area (TPSA) is 19.0 Å². The summed E-state index contributed by atoms with van der Waals surface area (Å²) in [4.78, 5) is 6.35. The van der Waals surface area contributed by atoms with E-state index in [0.29, 0.717) is 0 Å². The second-order valence-corrected chi connectivity index (χ2v) is 6.55. The minimum Gasteiger partial charge on any atom is -0.358 e. The van der Waals surface area contributed by atoms with Gasteiger partial charge in [-0.05, 0) is 62.9 Å². The van der Waals surface area contributed by atoms with Gasteiger partial charge in [-0.25, -0.2) is 0 Å². The van der Waals surface area contributed by atoms with Crippen molar-refractivity contribution in [1.82, 2.24) is 9.88 Å². The van der Waals surface area contributed by atoms with Gasteiger partial charge in [0, 0.05) is 28.6 Å². The Hall–Kier alpha value is -1.28. The van der Waals surface area contributed by atoms with Crippen LogP contribution < -0.4 is 0 Å². The highest BCUT2D eigenvalue weighted by Gasteiger charge is 2.37. The third-order valence-corrected chi connectivity index (χ3v) is 5.39. The van der Waals surface area contributed by atoms with E-state index in [1.54, 1.807) is 16.5 Å². The van der Waals surface area contributed by atoms with Crippen LogP contribution in [0.15, 0.2) is 18.2 Å². The van der Waals surface area contributed by atoms with E-state index in [9.17, 15) is 0 Å². The van der Waals surface area contributed by atoms with E-state index < -0.39 is 0 Å². The molecule has 1 aliphatic heterocycles. The number of hydrogen-bond acceptors (Lipinski definition) is 1. The lowest BCUT2D eigenvalue weighted by Gasteiger charge is -2.44. The number of aromatic amines is 1. The maximum Gasteiger partial charge on any atom is 0.0461 e. The first-order chi connectivity index (χ1) is 9.79. The van der Waals surface area contributed by atoms with Gasteiger partial charge in [-0.3, -0.25) is 4.90 Å². The maximum atomic E-state index is 3.60. The Bertz CT molecular complexity index is 638. The molecule has 0 bridgehead atoms. The van der Waals surface area contributed by atoms with E-state index >= 15 is 0 Å². The molecule has 2 atom stereocenters. The van der Waals surface area contributed by atoms with Crippen molar-refractivity contribution in [1.29, 1.82) is 0 Å². The molecule has 2 aliphatic rings. The van der Waals surface area contributed by atoms with Crippen LogP contribution in [-0.4, -0.2) is 29.0 Å². The van der Waals surface area contributed by atoms with E-state index in [-0.39, 0.29) is 0 Å². The number of hydrogen-bond donors (Lipinski definition) is 1. The molecule has 1 unspecified atom stereocenters. The number of fused-ring (bicyclic) bond motifs is 2. The molecule has 1 aromatic carbocycles. The van der Waals surface area contributed by atoms with Crippen molar-refractivity contribution in [3.8, 4) is 0 Å². The van der Waals surface area contributed by atoms with Crippen molar-refractivity contribution in [2.24, 2.45) is 0 Å². The van der Waals surface area contributed by atoms with E-state index in [1.807, 2.05) is 0 Å². The van der Waals surface area contributed by atoms with Crippen LogP contribution in [0.3, 0.4) is 0 Å². The fourth-order valence-electron chi connectivity index (χ4n) is 4.58. The maximum absolute atomic E-state index is 3.60. The summed E-state index contributed by atoms with van der Waals surface area (Å²) in [6.45, 7) is 7.10. The van der Waals surface area contributed by atoms with E-state index in [2.05, 4.69) is 41.9 Å². The summed E-state index contributed by atoms with van der Waals surface area (Å²) in [6, 6.07) is 7.59. The summed E-state index contributed by atoms with van der Waals surface area (Å²) >= 11 is 0. The monoisotopic (exact) mass is 268 g/mol. The fourth-order valence-corrected chi connectivity index (χ4v) is 4.58. The first kappa shape index (κ1) is 12.5. The standard InChI is InChI=1S/C18H24N2/c1-3-9-20-10-5-7-13-14-6-4-8-16-18(14)15(11-17(13)20)12(2)19-16/h4,6,8,13,17,19H,3,5,7,9-11H2,1-2H3/t13?,17-/m1/s1. The van der Waals surface area contributed by atoms with Crippen LogP contribution in [0.5, 0.6) is 0 Å². The third-order valence-electron chi connectivity index (χ3n) is 5.39. The predicted octanol–water partition coefficient (Wildman–Crippen LogP) is 3.99. The number of piperidine rings is 1. The molecule has 1 aromatic heterocycles. The lowest BCUT2D eigenvalue weighted by atomic mass is 9.74. The molecule has 4 rings (SSSR count). The van der Waals surface area contributed by atoms with Crippen LogP contribution in [0.4, 0.5) is 0 Å². The average molecular weight is 268 g/mol. The van der Waals surface area contributed by atoms with Gasteiger partial charge in [0.25, 0.3) is 0 Å². The summed E-state index contributed by atoms with van der Waals surface area (Å²) in [5.74, 6) is 0.752. The first-order valence-electron chi connectivity index (χ1n) is 8.13. The molecule has 0 amide bonds. The van der Waals surface area contributed by atoms with Crippen molar-refractivity contribution in [2.75, 3.05) is 13.1 Å². The number of H-pyrrole nitrogens is 1. The Balaban J connectivity index is 1.85. The molecular weight excluding hydrogens is 244 g/mol. The van der Waals surface area contributed by atoms with Crippen LogP contribution in [0.25, 0.3) is 10.9 Å². The molecule has 0 spiro atoms. The number of nitrogens with zero attached hydrogens (tertiary/aromatic N) is 1. The molecule has 1 fully saturated rings. The number of nitrogens with one attached hydrogen (secondary N) is 1. The van der Waals surface area contributed by atoms with Gasteiger partial charge in [0.1, 0.15) is 0 Å². The van der Waals surface area contributed by atoms with E-state index in [1.165, 1.54) is 50.0 Å². The largest absolute Gasteiger partial charge is 0.358 e. The highest BCUT2D eigenvalue weighted by Crippen LogP contribution is 2.44. The quantitative estimate of drug-likeness (QED) is 0.872. The molecule has 1 N–H and O–H groups in total. The van der Waals surface area contributed by atoms with Crippen molar-refractivity contribution in [2.45, 2.75) is 51.5 Å². The molecule has 2 heteroatoms. The molecule has 0 saturated carbocycles. The Morgan fingerprint density at radius 1 is 1.35 bits per heavy atom. The van der Waals surface area contributed by atoms with Gasteiger partial charge in [0.05, 0.1) is 0 Å². The first-order valence-corrected chi connectivity index (χ1v) is 8.13. The molecule has 1 saturated heterocycles. The second-order valence-electron chi connectivity index (χ2n) is 6.55. The molecule has 2 nitrogen and oxygen atoms in total. The van der Waals surface area contributed by atoms with Crippen LogP contribution in [-0.2, 0) is 6.42 Å². The smallest absolute Gasteiger partial charge is 0.0461 e. The number of benzene rings is 1. The molecule has 2 heterocycles. The van der Waals surface area contributed by atoms with Crippen LogP contribution in [0.2, 0.25) is 0 Å². The van der Waals surface area contributed by atoms with Crippen molar-refractivity contribution < 1.29 is 0 Å². The van der Waals surface area contributed by atoms with E-state index in [0.717, 1.165) is 12.0 Å². The lowest BCUT2D eigenvalue weighted by Crippen LogP contribution is -2.47. The SMILES string of the molecule is CCCN1CCCC2c3cccc4[nH]c(C)c(c34)C[C@H]21. The van der Waals surface area contributed by atoms with Gasteiger partial charge in [-0.15, -0.1) is 0 Å². The highest BCUT2D eigenvalue weighted by molar-refractivity contribution is 5.89. The Kier molecular flexibility index (Phi) is 2.88. The van der Waals surface area contributed by atoms with Crippen LogP contribution >= 0.6 is 0 Å². The summed E-state index contributed by atoms with van der Waals surface area (Å²) in [7, 11) is 0. The van der Waals surface area contributed by atoms with Gasteiger partial charge >= 0.3 is 0 Å². The minimum absolute atomic E-state index is 0.733. The summed E-state index contributed by atoms with van der Waals surface area (Å²) < 4.78 is 0. The van der Waals surface area contributed by atoms with Crippen molar-refractivity contribution in [3.63, 3.8) is 0 Å². The predicted molar refractivity (Wildman–Crippen MR) is 84.4 cm³/mol. The zero-order valence-electron chi connectivity index (χ0n) is 12.6. The van der Waals surface area contributed by atoms with Crippen molar-refractivity contribution in [3.05, 3.63) is 35.0 Å². The zero-order chi connectivity index (χ0) is 13.7. The van der Waals surface area contributed by atoms with E-state index in [4.69, 9.17) is 0 Å². The average Bonchev–Trinajstić information content (AvgIpc) is 2.78. The Morgan fingerprint density at radius 2 is 2.25 bits per heavy atom. The summed E-state index contributed by atoms with van der Waals surface area (Å²) in [6.07, 6.45) is 5.24. The lowest BCUT2D eigenvalue weighted by molar-refractivity contribution is 0.124. The highest BCUT2D eigenvalue weighted by atomic mass is 15.2. The molecule has 1 aliphatic carbocycles. The molecule has 20 heavy (non-hydrogen) atoms. The number of aromatic nitrogens is 1. The summed E-state index contributed by atoms with van der Waals surface area (Å²) in [5.41, 5.74) is 5.92. The molecule has 0 radical (unpaired) electrons. The van der Waals surface area contributed by atoms with Gasteiger partial charge in [-0.1, -0.05) is 19.1 Å². The van der Waals surface area contributed by atoms with Gasteiger partial charge in [-0.2, -0.15) is 0 Å². The molecular formula is C18H24N2. The Morgan fingerprint density at radius 3 is 3.10 bits per heavy atom. The number of rotatable bonds is 2. The molecule has 2 aromatic rings. The number of aryl methyl sites for hydroxylation is 1. The summed E-state index contributed by atoms with van der Waals surface area (Å²) in [5, 5.41) is 1.55. The second kappa shape index (κ2) is 4.63. The number of likely N-dealkylation sites (tertiary alicyclic amines) is 1. The van der Waals surface area contributed by atoms with Gasteiger partial charge < -0.3 is 4.98 Å². The van der Waals surface area contributed by atoms with Gasteiger partial charge in [0.15, 0.2) is 0 Å². The third kappa shape index (κ3) is 1.67. The van der Waals surface area contributed by atoms with Crippen LogP contribution in [0, 0.1) is 6.92 Å². The van der Waals surface area contributed by atoms with Gasteiger partial charge in [0.2, 0.25) is 0 Å². The normalized spacial score (nSPS) is 25.9. The van der Waals surface area contributed by atoms with Crippen LogP contribution in [0.1, 0.15) is 48.9 Å². The zero-order valence-corrected chi connectivity index (χ0v) is 12.6. The Labute approximate surface area is 121 Å². The molecule has 106 valence electrons. The fraction of sp³-hybridized carbons (Fsp3) is 0.556. The minimum atomic E-state index is 0.733. The van der Waals surface area contributed by atoms with Crippen molar-refractivity contribution >= 4 is 10.9 Å².